The molecule has 0 bridgehead atoms. The first-order chi connectivity index (χ1) is 9.74. The van der Waals surface area contributed by atoms with Crippen molar-refractivity contribution in [1.29, 1.82) is 0 Å². The van der Waals surface area contributed by atoms with E-state index in [-0.39, 0.29) is 5.91 Å². The number of carbonyl (C=O) groups is 1. The molecule has 0 spiro atoms. The summed E-state index contributed by atoms with van der Waals surface area (Å²) < 4.78 is 0. The summed E-state index contributed by atoms with van der Waals surface area (Å²) in [5, 5.41) is 3.15. The van der Waals surface area contributed by atoms with E-state index in [1.54, 1.807) is 6.20 Å². The van der Waals surface area contributed by atoms with Crippen LogP contribution in [-0.4, -0.2) is 40.4 Å². The average molecular weight is 272 g/mol. The van der Waals surface area contributed by atoms with Gasteiger partial charge in [-0.3, -0.25) is 9.78 Å². The summed E-state index contributed by atoms with van der Waals surface area (Å²) in [4.78, 5) is 22.5. The maximum atomic E-state index is 11.9. The van der Waals surface area contributed by atoms with Gasteiger partial charge in [-0.2, -0.15) is 0 Å². The number of aromatic nitrogens is 2. The fourth-order valence-electron chi connectivity index (χ4n) is 2.07. The summed E-state index contributed by atoms with van der Waals surface area (Å²) in [6.07, 6.45) is 2.17. The highest BCUT2D eigenvalue weighted by atomic mass is 16.2. The van der Waals surface area contributed by atoms with Crippen LogP contribution in [-0.2, 0) is 4.79 Å². The van der Waals surface area contributed by atoms with E-state index < -0.39 is 0 Å². The highest BCUT2D eigenvalue weighted by Crippen LogP contribution is 2.11. The number of carbonyl (C=O) groups excluding carboxylic acids is 1. The highest BCUT2D eigenvalue weighted by molar-refractivity contribution is 5.77. The lowest BCUT2D eigenvalue weighted by atomic mass is 10.3. The van der Waals surface area contributed by atoms with E-state index in [0.29, 0.717) is 18.8 Å². The van der Waals surface area contributed by atoms with Crippen molar-refractivity contribution in [2.75, 3.05) is 25.0 Å². The summed E-state index contributed by atoms with van der Waals surface area (Å²) in [6, 6.07) is 7.72. The Labute approximate surface area is 119 Å². The van der Waals surface area contributed by atoms with Crippen LogP contribution in [0.1, 0.15) is 20.3 Å². The molecule has 2 rings (SSSR count). The molecule has 20 heavy (non-hydrogen) atoms. The first kappa shape index (κ1) is 14.2. The molecule has 5 nitrogen and oxygen atoms in total. The Morgan fingerprint density at radius 1 is 1.20 bits per heavy atom. The van der Waals surface area contributed by atoms with Crippen molar-refractivity contribution in [2.45, 2.75) is 20.3 Å². The standard InChI is InChI=1S/C15H20N4O/c1-3-19(4-2)15(20)9-10-16-14-11-17-12-7-5-6-8-13(12)18-14/h5-8,11H,3-4,9-10H2,1-2H3,(H,16,18). The first-order valence-electron chi connectivity index (χ1n) is 6.98. The van der Waals surface area contributed by atoms with Gasteiger partial charge in [-0.1, -0.05) is 12.1 Å². The molecule has 0 fully saturated rings. The number of benzene rings is 1. The molecule has 106 valence electrons. The Hall–Kier alpha value is -2.17. The second kappa shape index (κ2) is 6.84. The Morgan fingerprint density at radius 2 is 1.90 bits per heavy atom. The van der Waals surface area contributed by atoms with Gasteiger partial charge in [0.15, 0.2) is 0 Å². The lowest BCUT2D eigenvalue weighted by Gasteiger charge is -2.18. The number of nitrogens with zero attached hydrogens (tertiary/aromatic N) is 3. The highest BCUT2D eigenvalue weighted by Gasteiger charge is 2.08. The quantitative estimate of drug-likeness (QED) is 0.876. The van der Waals surface area contributed by atoms with Crippen LogP contribution in [0.2, 0.25) is 0 Å². The van der Waals surface area contributed by atoms with Crippen LogP contribution < -0.4 is 5.32 Å². The molecule has 1 heterocycles. The van der Waals surface area contributed by atoms with Gasteiger partial charge in [0, 0.05) is 26.1 Å². The van der Waals surface area contributed by atoms with Crippen molar-refractivity contribution in [2.24, 2.45) is 0 Å². The lowest BCUT2D eigenvalue weighted by Crippen LogP contribution is -2.31. The Balaban J connectivity index is 1.91. The third-order valence-electron chi connectivity index (χ3n) is 3.21. The molecule has 5 heteroatoms. The first-order valence-corrected chi connectivity index (χ1v) is 6.98. The van der Waals surface area contributed by atoms with E-state index >= 15 is 0 Å². The summed E-state index contributed by atoms with van der Waals surface area (Å²) in [5.74, 6) is 0.868. The van der Waals surface area contributed by atoms with Crippen molar-refractivity contribution >= 4 is 22.8 Å². The molecule has 0 unspecified atom stereocenters. The Kier molecular flexibility index (Phi) is 4.87. The predicted octanol–water partition coefficient (Wildman–Crippen LogP) is 2.30. The molecule has 0 radical (unpaired) electrons. The molecule has 1 aromatic carbocycles. The smallest absolute Gasteiger partial charge is 0.224 e. The minimum absolute atomic E-state index is 0.163. The van der Waals surface area contributed by atoms with E-state index in [0.717, 1.165) is 24.1 Å². The molecular formula is C15H20N4O. The summed E-state index contributed by atoms with van der Waals surface area (Å²) in [7, 11) is 0. The van der Waals surface area contributed by atoms with Gasteiger partial charge >= 0.3 is 0 Å². The maximum Gasteiger partial charge on any atom is 0.224 e. The molecule has 0 saturated carbocycles. The van der Waals surface area contributed by atoms with Crippen molar-refractivity contribution in [3.63, 3.8) is 0 Å². The van der Waals surface area contributed by atoms with Crippen LogP contribution in [0.5, 0.6) is 0 Å². The minimum atomic E-state index is 0.163. The maximum absolute atomic E-state index is 11.9. The van der Waals surface area contributed by atoms with Crippen LogP contribution >= 0.6 is 0 Å². The van der Waals surface area contributed by atoms with Gasteiger partial charge in [-0.15, -0.1) is 0 Å². The van der Waals surface area contributed by atoms with Crippen LogP contribution in [0, 0.1) is 0 Å². The van der Waals surface area contributed by atoms with E-state index in [1.807, 2.05) is 43.0 Å². The molecular weight excluding hydrogens is 252 g/mol. The molecule has 0 saturated heterocycles. The van der Waals surface area contributed by atoms with Gasteiger partial charge in [-0.05, 0) is 26.0 Å². The fourth-order valence-corrected chi connectivity index (χ4v) is 2.07. The van der Waals surface area contributed by atoms with Gasteiger partial charge < -0.3 is 10.2 Å². The van der Waals surface area contributed by atoms with Crippen molar-refractivity contribution in [3.05, 3.63) is 30.5 Å². The average Bonchev–Trinajstić information content (AvgIpc) is 2.48. The number of hydrogen-bond acceptors (Lipinski definition) is 4. The number of nitrogens with one attached hydrogen (secondary N) is 1. The lowest BCUT2D eigenvalue weighted by molar-refractivity contribution is -0.130. The number of para-hydroxylation sites is 2. The molecule has 1 amide bonds. The Morgan fingerprint density at radius 3 is 2.60 bits per heavy atom. The van der Waals surface area contributed by atoms with Crippen LogP contribution in [0.15, 0.2) is 30.5 Å². The second-order valence-electron chi connectivity index (χ2n) is 4.49. The third kappa shape index (κ3) is 3.44. The van der Waals surface area contributed by atoms with Crippen molar-refractivity contribution in [1.82, 2.24) is 14.9 Å². The zero-order chi connectivity index (χ0) is 14.4. The SMILES string of the molecule is CCN(CC)C(=O)CCNc1cnc2ccccc2n1. The number of amides is 1. The zero-order valence-corrected chi connectivity index (χ0v) is 12.0. The molecule has 1 aromatic heterocycles. The van der Waals surface area contributed by atoms with Crippen molar-refractivity contribution in [3.8, 4) is 0 Å². The molecule has 0 aliphatic carbocycles. The van der Waals surface area contributed by atoms with Crippen LogP contribution in [0.3, 0.4) is 0 Å². The molecule has 0 atom stereocenters. The number of fused-ring (bicyclic) bond motifs is 1. The van der Waals surface area contributed by atoms with Gasteiger partial charge in [0.1, 0.15) is 5.82 Å². The molecule has 1 N–H and O–H groups in total. The fraction of sp³-hybridized carbons (Fsp3) is 0.400. The van der Waals surface area contributed by atoms with E-state index in [4.69, 9.17) is 0 Å². The molecule has 0 aliphatic heterocycles. The predicted molar refractivity (Wildman–Crippen MR) is 80.6 cm³/mol. The van der Waals surface area contributed by atoms with Gasteiger partial charge in [0.2, 0.25) is 5.91 Å². The topological polar surface area (TPSA) is 58.1 Å². The zero-order valence-electron chi connectivity index (χ0n) is 12.0. The number of anilines is 1. The van der Waals surface area contributed by atoms with Crippen LogP contribution in [0.25, 0.3) is 11.0 Å². The van der Waals surface area contributed by atoms with E-state index in [9.17, 15) is 4.79 Å². The monoisotopic (exact) mass is 272 g/mol. The number of rotatable bonds is 6. The Bertz CT molecular complexity index is 581. The van der Waals surface area contributed by atoms with Crippen molar-refractivity contribution < 1.29 is 4.79 Å². The third-order valence-corrected chi connectivity index (χ3v) is 3.21. The summed E-state index contributed by atoms with van der Waals surface area (Å²) in [6.45, 7) is 6.06. The van der Waals surface area contributed by atoms with E-state index in [2.05, 4.69) is 15.3 Å². The van der Waals surface area contributed by atoms with Gasteiger partial charge in [0.25, 0.3) is 0 Å². The minimum Gasteiger partial charge on any atom is -0.368 e. The van der Waals surface area contributed by atoms with Gasteiger partial charge in [-0.25, -0.2) is 4.98 Å². The molecule has 0 aliphatic rings. The number of hydrogen-bond donors (Lipinski definition) is 1. The largest absolute Gasteiger partial charge is 0.368 e. The second-order valence-corrected chi connectivity index (χ2v) is 4.49. The molecule has 2 aromatic rings. The van der Waals surface area contributed by atoms with Gasteiger partial charge in [0.05, 0.1) is 17.2 Å². The summed E-state index contributed by atoms with van der Waals surface area (Å²) >= 11 is 0. The van der Waals surface area contributed by atoms with E-state index in [1.165, 1.54) is 0 Å². The normalized spacial score (nSPS) is 10.5. The summed E-state index contributed by atoms with van der Waals surface area (Å²) in [5.41, 5.74) is 1.73. The van der Waals surface area contributed by atoms with Crippen LogP contribution in [0.4, 0.5) is 5.82 Å².